The van der Waals surface area contributed by atoms with Crippen molar-refractivity contribution in [3.8, 4) is 0 Å². The van der Waals surface area contributed by atoms with E-state index in [4.69, 9.17) is 0 Å². The monoisotopic (exact) mass is 307 g/mol. The minimum atomic E-state index is 0. The molecule has 0 saturated heterocycles. The molecule has 1 atom stereocenters. The first kappa shape index (κ1) is 17.3. The second kappa shape index (κ2) is 7.26. The van der Waals surface area contributed by atoms with Gasteiger partial charge in [-0.3, -0.25) is 6.08 Å². The van der Waals surface area contributed by atoms with Crippen molar-refractivity contribution in [2.45, 2.75) is 39.5 Å². The predicted octanol–water partition coefficient (Wildman–Crippen LogP) is -2.74. The van der Waals surface area contributed by atoms with Gasteiger partial charge in [0.1, 0.15) is 0 Å². The van der Waals surface area contributed by atoms with Crippen LogP contribution in [0.15, 0.2) is 16.7 Å². The van der Waals surface area contributed by atoms with Gasteiger partial charge in [0.2, 0.25) is 0 Å². The van der Waals surface area contributed by atoms with E-state index in [0.29, 0.717) is 5.92 Å². The van der Waals surface area contributed by atoms with Crippen LogP contribution in [0.3, 0.4) is 0 Å². The Morgan fingerprint density at radius 2 is 1.71 bits per heavy atom. The van der Waals surface area contributed by atoms with E-state index in [2.05, 4.69) is 19.9 Å². The molecule has 0 bridgehead atoms. The van der Waals surface area contributed by atoms with E-state index in [-0.39, 0.29) is 51.0 Å². The van der Waals surface area contributed by atoms with E-state index in [0.717, 1.165) is 0 Å². The first-order valence-electron chi connectivity index (χ1n) is 4.61. The van der Waals surface area contributed by atoms with E-state index in [1.54, 1.807) is 11.1 Å². The normalized spacial score (nSPS) is 23.9. The van der Waals surface area contributed by atoms with Gasteiger partial charge in [0.25, 0.3) is 0 Å². The molecule has 0 amide bonds. The molecule has 3 heteroatoms. The third-order valence-electron chi connectivity index (χ3n) is 2.92. The molecule has 2 aliphatic carbocycles. The summed E-state index contributed by atoms with van der Waals surface area (Å²) in [6.45, 7) is 4.49. The van der Waals surface area contributed by atoms with Crippen molar-refractivity contribution in [1.82, 2.24) is 0 Å². The summed E-state index contributed by atoms with van der Waals surface area (Å²) in [6, 6.07) is 0. The molecule has 0 saturated carbocycles. The van der Waals surface area contributed by atoms with E-state index in [1.165, 1.54) is 31.3 Å². The zero-order valence-electron chi connectivity index (χ0n) is 8.66. The van der Waals surface area contributed by atoms with E-state index in [9.17, 15) is 0 Å². The van der Waals surface area contributed by atoms with Crippen molar-refractivity contribution < 1.29 is 51.0 Å². The third kappa shape index (κ3) is 3.22. The summed E-state index contributed by atoms with van der Waals surface area (Å²) in [6.07, 6.45) is 8.95. The third-order valence-corrected chi connectivity index (χ3v) is 2.92. The summed E-state index contributed by atoms with van der Waals surface area (Å²) in [7, 11) is 0. The van der Waals surface area contributed by atoms with Gasteiger partial charge in [-0.25, -0.2) is 5.57 Å². The van der Waals surface area contributed by atoms with Crippen molar-refractivity contribution in [3.63, 3.8) is 0 Å². The van der Waals surface area contributed by atoms with Crippen molar-refractivity contribution >= 4 is 0 Å². The van der Waals surface area contributed by atoms with Crippen molar-refractivity contribution in [1.29, 1.82) is 0 Å². The van der Waals surface area contributed by atoms with Gasteiger partial charge in [-0.05, 0) is 6.42 Å². The van der Waals surface area contributed by atoms with E-state index >= 15 is 0 Å². The predicted molar refractivity (Wildman–Crippen MR) is 47.1 cm³/mol. The van der Waals surface area contributed by atoms with Crippen LogP contribution < -0.4 is 24.8 Å². The smallest absolute Gasteiger partial charge is 1.00 e. The summed E-state index contributed by atoms with van der Waals surface area (Å²) in [5.74, 6) is 0.630. The molecule has 0 fully saturated rings. The topological polar surface area (TPSA) is 0 Å². The summed E-state index contributed by atoms with van der Waals surface area (Å²) in [5, 5.41) is 0. The Morgan fingerprint density at radius 3 is 2.29 bits per heavy atom. The SMILES string of the molecule is CC1=[C-]C(C)C2=C1CCCC2.[Cl-].[Cl-].[Zr+3]. The van der Waals surface area contributed by atoms with Crippen LogP contribution in [0.4, 0.5) is 0 Å². The second-order valence-electron chi connectivity index (χ2n) is 3.70. The van der Waals surface area contributed by atoms with Crippen LogP contribution in [0.25, 0.3) is 0 Å². The van der Waals surface area contributed by atoms with Gasteiger partial charge in [-0.2, -0.15) is 11.1 Å². The van der Waals surface area contributed by atoms with Crippen LogP contribution in [-0.4, -0.2) is 0 Å². The molecule has 14 heavy (non-hydrogen) atoms. The van der Waals surface area contributed by atoms with E-state index in [1.807, 2.05) is 0 Å². The number of allylic oxidation sites excluding steroid dienone is 4. The van der Waals surface area contributed by atoms with Gasteiger partial charge >= 0.3 is 26.2 Å². The summed E-state index contributed by atoms with van der Waals surface area (Å²) >= 11 is 0. The molecular weight excluding hydrogens is 294 g/mol. The van der Waals surface area contributed by atoms with Crippen LogP contribution in [0.5, 0.6) is 0 Å². The van der Waals surface area contributed by atoms with Crippen LogP contribution in [-0.2, 0) is 26.2 Å². The summed E-state index contributed by atoms with van der Waals surface area (Å²) < 4.78 is 0. The fourth-order valence-electron chi connectivity index (χ4n) is 2.33. The standard InChI is InChI=1S/C11H15.2ClH.Zr/c1-8-7-9(2)11-6-4-3-5-10(8)11;;;/h8H,3-6H2,1-2H3;2*1H;/q-1;;;+3/p-2. The molecular formula is C11H15Cl2Zr. The maximum atomic E-state index is 3.50. The second-order valence-corrected chi connectivity index (χ2v) is 3.70. The molecule has 1 unspecified atom stereocenters. The number of halogens is 2. The first-order chi connectivity index (χ1) is 5.29. The van der Waals surface area contributed by atoms with Gasteiger partial charge in [0, 0.05) is 0 Å². The zero-order valence-corrected chi connectivity index (χ0v) is 12.6. The number of rotatable bonds is 0. The molecule has 0 aromatic carbocycles. The molecule has 0 heterocycles. The first-order valence-corrected chi connectivity index (χ1v) is 4.61. The van der Waals surface area contributed by atoms with Crippen LogP contribution >= 0.6 is 0 Å². The molecule has 0 aromatic heterocycles. The van der Waals surface area contributed by atoms with Gasteiger partial charge in [0.15, 0.2) is 0 Å². The van der Waals surface area contributed by atoms with E-state index < -0.39 is 0 Å². The molecule has 0 N–H and O–H groups in total. The van der Waals surface area contributed by atoms with Crippen molar-refractivity contribution in [2.24, 2.45) is 5.92 Å². The van der Waals surface area contributed by atoms with Crippen LogP contribution in [0.1, 0.15) is 39.5 Å². The molecule has 0 aromatic rings. The summed E-state index contributed by atoms with van der Waals surface area (Å²) in [4.78, 5) is 0. The Morgan fingerprint density at radius 1 is 1.14 bits per heavy atom. The van der Waals surface area contributed by atoms with Crippen molar-refractivity contribution in [2.75, 3.05) is 0 Å². The van der Waals surface area contributed by atoms with Crippen LogP contribution in [0, 0.1) is 12.0 Å². The Balaban J connectivity index is 0. The quantitative estimate of drug-likeness (QED) is 0.426. The molecule has 2 aliphatic rings. The van der Waals surface area contributed by atoms with Gasteiger partial charge in [-0.15, -0.1) is 0 Å². The molecule has 0 spiro atoms. The molecule has 77 valence electrons. The van der Waals surface area contributed by atoms with Gasteiger partial charge in [0.05, 0.1) is 0 Å². The largest absolute Gasteiger partial charge is 3.00 e. The Hall–Kier alpha value is 0.943. The maximum absolute atomic E-state index is 3.50. The average molecular weight is 309 g/mol. The fraction of sp³-hybridized carbons (Fsp3) is 0.636. The Bertz CT molecular complexity index is 244. The summed E-state index contributed by atoms with van der Waals surface area (Å²) in [5.41, 5.74) is 4.77. The Labute approximate surface area is 119 Å². The fourth-order valence-corrected chi connectivity index (χ4v) is 2.33. The number of hydrogen-bond acceptors (Lipinski definition) is 0. The van der Waals surface area contributed by atoms with Crippen LogP contribution in [0.2, 0.25) is 0 Å². The molecule has 0 nitrogen and oxygen atoms in total. The minimum Gasteiger partial charge on any atom is -1.00 e. The maximum Gasteiger partial charge on any atom is 3.00 e. The molecule has 1 radical (unpaired) electrons. The van der Waals surface area contributed by atoms with Crippen molar-refractivity contribution in [3.05, 3.63) is 22.8 Å². The Kier molecular flexibility index (Phi) is 8.99. The number of hydrogen-bond donors (Lipinski definition) is 0. The average Bonchev–Trinajstić information content (AvgIpc) is 2.30. The zero-order chi connectivity index (χ0) is 7.84. The molecule has 0 aliphatic heterocycles. The van der Waals surface area contributed by atoms with Gasteiger partial charge < -0.3 is 24.8 Å². The molecule has 2 rings (SSSR count). The minimum absolute atomic E-state index is 0. The van der Waals surface area contributed by atoms with Gasteiger partial charge in [-0.1, -0.05) is 39.0 Å².